The molecule has 4 fully saturated rings. The summed E-state index contributed by atoms with van der Waals surface area (Å²) in [6.45, 7) is 14.5. The van der Waals surface area contributed by atoms with Crippen LogP contribution in [0.25, 0.3) is 0 Å². The van der Waals surface area contributed by atoms with Gasteiger partial charge in [0.25, 0.3) is 0 Å². The summed E-state index contributed by atoms with van der Waals surface area (Å²) >= 11 is 0. The normalized spacial score (nSPS) is 55.5. The lowest BCUT2D eigenvalue weighted by molar-refractivity contribution is -0.217. The van der Waals surface area contributed by atoms with Crippen LogP contribution in [-0.4, -0.2) is 36.0 Å². The van der Waals surface area contributed by atoms with E-state index in [4.69, 9.17) is 4.74 Å². The molecule has 0 bridgehead atoms. The van der Waals surface area contributed by atoms with E-state index in [1.807, 2.05) is 0 Å². The van der Waals surface area contributed by atoms with Crippen LogP contribution in [0.2, 0.25) is 0 Å². The zero-order chi connectivity index (χ0) is 25.6. The quantitative estimate of drug-likeness (QED) is 0.363. The highest BCUT2D eigenvalue weighted by molar-refractivity contribution is 5.78. The van der Waals surface area contributed by atoms with Gasteiger partial charge in [-0.3, -0.25) is 4.79 Å². The third-order valence-electron chi connectivity index (χ3n) is 13.7. The van der Waals surface area contributed by atoms with Gasteiger partial charge in [-0.2, -0.15) is 0 Å². The fourth-order valence-corrected chi connectivity index (χ4v) is 11.1. The van der Waals surface area contributed by atoms with Crippen LogP contribution in [0, 0.1) is 56.7 Å². The Labute approximate surface area is 213 Å². The number of carbonyl (C=O) groups excluding carboxylic acids is 1. The molecule has 2 N–H and O–H groups in total. The monoisotopic (exact) mass is 486 g/mol. The first kappa shape index (κ1) is 25.8. The van der Waals surface area contributed by atoms with Crippen molar-refractivity contribution in [2.75, 3.05) is 13.7 Å². The number of rotatable bonds is 2. The Kier molecular flexibility index (Phi) is 5.94. The van der Waals surface area contributed by atoms with Gasteiger partial charge in [0.15, 0.2) is 0 Å². The van der Waals surface area contributed by atoms with Crippen LogP contribution in [0.5, 0.6) is 0 Å². The fraction of sp³-hybridized carbons (Fsp3) is 0.903. The van der Waals surface area contributed by atoms with E-state index in [9.17, 15) is 15.0 Å². The fourth-order valence-electron chi connectivity index (χ4n) is 11.1. The number of fused-ring (bicyclic) bond motifs is 7. The van der Waals surface area contributed by atoms with Gasteiger partial charge in [0, 0.05) is 5.41 Å². The Hall–Kier alpha value is -0.870. The summed E-state index contributed by atoms with van der Waals surface area (Å²) in [5, 5.41) is 21.4. The highest BCUT2D eigenvalue weighted by Crippen LogP contribution is 2.75. The molecule has 5 aliphatic carbocycles. The molecule has 35 heavy (non-hydrogen) atoms. The van der Waals surface area contributed by atoms with Gasteiger partial charge in [-0.1, -0.05) is 53.2 Å². The van der Waals surface area contributed by atoms with E-state index in [2.05, 4.69) is 47.6 Å². The number of esters is 1. The first-order chi connectivity index (χ1) is 16.4. The third-order valence-corrected chi connectivity index (χ3v) is 13.7. The molecule has 0 aromatic rings. The second-order valence-electron chi connectivity index (χ2n) is 14.5. The first-order valence-corrected chi connectivity index (χ1v) is 14.4. The van der Waals surface area contributed by atoms with Crippen LogP contribution in [-0.2, 0) is 9.53 Å². The third kappa shape index (κ3) is 3.02. The number of allylic oxidation sites excluding steroid dienone is 2. The van der Waals surface area contributed by atoms with Crippen LogP contribution >= 0.6 is 0 Å². The van der Waals surface area contributed by atoms with Crippen molar-refractivity contribution in [1.29, 1.82) is 0 Å². The standard InChI is InChI=1S/C31H50O4/c1-19-10-15-31(26(34)35-7)17-16-29(5)21(25(31)20(19)2)8-9-23-27(3)13-12-24(33)28(4,18-32)22(27)11-14-30(23,29)6/h8,19-20,22-25,32-33H,9-18H2,1-7H3/t19-,20+,22?,23-,24+,25+,27+,28+,29-,30-,31+/m1/s1. The lowest BCUT2D eigenvalue weighted by Crippen LogP contribution is -2.66. The van der Waals surface area contributed by atoms with Gasteiger partial charge >= 0.3 is 5.97 Å². The maximum Gasteiger partial charge on any atom is 0.312 e. The molecule has 1 unspecified atom stereocenters. The van der Waals surface area contributed by atoms with Crippen molar-refractivity contribution in [3.05, 3.63) is 11.6 Å². The van der Waals surface area contributed by atoms with Crippen molar-refractivity contribution >= 4 is 5.97 Å². The predicted octanol–water partition coefficient (Wildman–Crippen LogP) is 6.15. The average molecular weight is 487 g/mol. The molecule has 0 amide bonds. The summed E-state index contributed by atoms with van der Waals surface area (Å²) in [5.74, 6) is 2.26. The summed E-state index contributed by atoms with van der Waals surface area (Å²) in [5.41, 5.74) is 1.12. The van der Waals surface area contributed by atoms with Gasteiger partial charge < -0.3 is 14.9 Å². The maximum absolute atomic E-state index is 13.4. The largest absolute Gasteiger partial charge is 0.469 e. The first-order valence-electron chi connectivity index (χ1n) is 14.4. The molecule has 0 heterocycles. The predicted molar refractivity (Wildman–Crippen MR) is 138 cm³/mol. The highest BCUT2D eigenvalue weighted by atomic mass is 16.5. The van der Waals surface area contributed by atoms with Gasteiger partial charge in [0.05, 0.1) is 25.2 Å². The molecule has 0 aromatic carbocycles. The molecular formula is C31H50O4. The van der Waals surface area contributed by atoms with E-state index >= 15 is 0 Å². The summed E-state index contributed by atoms with van der Waals surface area (Å²) in [7, 11) is 1.58. The lowest BCUT2D eigenvalue weighted by atomic mass is 9.33. The molecule has 11 atom stereocenters. The molecule has 0 saturated heterocycles. The molecule has 0 aromatic heterocycles. The Morgan fingerprint density at radius 3 is 2.37 bits per heavy atom. The van der Waals surface area contributed by atoms with Gasteiger partial charge in [-0.25, -0.2) is 0 Å². The van der Waals surface area contributed by atoms with E-state index < -0.39 is 11.5 Å². The summed E-state index contributed by atoms with van der Waals surface area (Å²) in [4.78, 5) is 13.4. The number of carbonyl (C=O) groups is 1. The molecule has 4 nitrogen and oxygen atoms in total. The summed E-state index contributed by atoms with van der Waals surface area (Å²) in [6.07, 6.45) is 11.3. The molecule has 5 rings (SSSR count). The Morgan fingerprint density at radius 1 is 1.00 bits per heavy atom. The van der Waals surface area contributed by atoms with Crippen molar-refractivity contribution in [1.82, 2.24) is 0 Å². The minimum Gasteiger partial charge on any atom is -0.469 e. The zero-order valence-electron chi connectivity index (χ0n) is 23.3. The molecule has 198 valence electrons. The zero-order valence-corrected chi connectivity index (χ0v) is 23.3. The Balaban J connectivity index is 1.61. The van der Waals surface area contributed by atoms with Crippen LogP contribution in [0.3, 0.4) is 0 Å². The molecule has 0 radical (unpaired) electrons. The van der Waals surface area contributed by atoms with Crippen LogP contribution in [0.4, 0.5) is 0 Å². The second kappa shape index (κ2) is 8.06. The number of methoxy groups -OCH3 is 1. The molecular weight excluding hydrogens is 436 g/mol. The maximum atomic E-state index is 13.4. The summed E-state index contributed by atoms with van der Waals surface area (Å²) < 4.78 is 5.50. The number of hydrogen-bond acceptors (Lipinski definition) is 4. The average Bonchev–Trinajstić information content (AvgIpc) is 2.83. The topological polar surface area (TPSA) is 66.8 Å². The minimum absolute atomic E-state index is 0.0205. The smallest absolute Gasteiger partial charge is 0.312 e. The molecule has 5 aliphatic rings. The van der Waals surface area contributed by atoms with Gasteiger partial charge in [0.1, 0.15) is 0 Å². The lowest BCUT2D eigenvalue weighted by Gasteiger charge is -2.71. The number of ether oxygens (including phenoxy) is 1. The highest BCUT2D eigenvalue weighted by Gasteiger charge is 2.70. The number of aliphatic hydroxyl groups excluding tert-OH is 2. The van der Waals surface area contributed by atoms with E-state index in [1.54, 1.807) is 12.7 Å². The Bertz CT molecular complexity index is 912. The Morgan fingerprint density at radius 2 is 1.71 bits per heavy atom. The van der Waals surface area contributed by atoms with Crippen molar-refractivity contribution in [3.8, 4) is 0 Å². The minimum atomic E-state index is -0.418. The van der Waals surface area contributed by atoms with E-state index in [-0.39, 0.29) is 40.2 Å². The van der Waals surface area contributed by atoms with E-state index in [1.165, 1.54) is 0 Å². The van der Waals surface area contributed by atoms with Crippen LogP contribution in [0.1, 0.15) is 99.3 Å². The SMILES string of the molecule is COC(=O)[C@]12CC[C@@H](C)[C@H](C)[C@H]1C1=CC[C@@H]3[C@@]4(C)CC[C@H](O)[C@@](C)(CO)C4CC[C@@]3(C)[C@]1(C)CC2. The molecule has 0 aliphatic heterocycles. The number of aliphatic hydroxyl groups is 2. The summed E-state index contributed by atoms with van der Waals surface area (Å²) in [6, 6.07) is 0. The van der Waals surface area contributed by atoms with E-state index in [0.29, 0.717) is 23.7 Å². The van der Waals surface area contributed by atoms with Gasteiger partial charge in [-0.15, -0.1) is 0 Å². The van der Waals surface area contributed by atoms with Crippen LogP contribution in [0.15, 0.2) is 11.6 Å². The van der Waals surface area contributed by atoms with Gasteiger partial charge in [-0.05, 0) is 104 Å². The van der Waals surface area contributed by atoms with Gasteiger partial charge in [0.2, 0.25) is 0 Å². The van der Waals surface area contributed by atoms with Crippen molar-refractivity contribution in [3.63, 3.8) is 0 Å². The molecule has 4 heteroatoms. The van der Waals surface area contributed by atoms with Crippen molar-refractivity contribution in [2.24, 2.45) is 56.7 Å². The molecule has 4 saturated carbocycles. The number of hydrogen-bond donors (Lipinski definition) is 2. The van der Waals surface area contributed by atoms with Crippen molar-refractivity contribution in [2.45, 2.75) is 105 Å². The second-order valence-corrected chi connectivity index (χ2v) is 14.5. The van der Waals surface area contributed by atoms with Crippen LogP contribution < -0.4 is 0 Å². The van der Waals surface area contributed by atoms with Crippen molar-refractivity contribution < 1.29 is 19.7 Å². The molecule has 0 spiro atoms. The van der Waals surface area contributed by atoms with E-state index in [0.717, 1.165) is 57.8 Å².